The molecule has 0 saturated carbocycles. The third-order valence-corrected chi connectivity index (χ3v) is 9.23. The number of amides is 1. The van der Waals surface area contributed by atoms with E-state index in [-0.39, 0.29) is 22.8 Å². The highest BCUT2D eigenvalue weighted by Crippen LogP contribution is 2.50. The summed E-state index contributed by atoms with van der Waals surface area (Å²) < 4.78 is 35.0. The highest BCUT2D eigenvalue weighted by Gasteiger charge is 2.49. The molecular weight excluding hydrogens is 508 g/mol. The summed E-state index contributed by atoms with van der Waals surface area (Å²) in [5, 5.41) is 0.751. The van der Waals surface area contributed by atoms with Gasteiger partial charge in [0.15, 0.2) is 5.13 Å². The first-order chi connectivity index (χ1) is 16.7. The van der Waals surface area contributed by atoms with Gasteiger partial charge in [-0.1, -0.05) is 35.1 Å². The van der Waals surface area contributed by atoms with E-state index < -0.39 is 10.0 Å². The summed E-state index contributed by atoms with van der Waals surface area (Å²) in [6, 6.07) is 12.5. The number of hydrogen-bond acceptors (Lipinski definition) is 7. The second-order valence-electron chi connectivity index (χ2n) is 8.86. The Balaban J connectivity index is 1.48. The molecule has 0 radical (unpaired) electrons. The SMILES string of the molecule is COc1cccc(CNS(=O)(=O)c2ccc3c(c2)C2(CCN(C(C)=O)C2)CN3c2ncc(Cl)s2)c1. The van der Waals surface area contributed by atoms with Crippen molar-refractivity contribution in [3.8, 4) is 5.75 Å². The van der Waals surface area contributed by atoms with Gasteiger partial charge in [-0.15, -0.1) is 0 Å². The molecule has 5 rings (SSSR count). The Morgan fingerprint density at radius 3 is 2.77 bits per heavy atom. The molecule has 0 aliphatic carbocycles. The molecule has 1 atom stereocenters. The topological polar surface area (TPSA) is 91.8 Å². The van der Waals surface area contributed by atoms with Gasteiger partial charge in [0.05, 0.1) is 18.2 Å². The summed E-state index contributed by atoms with van der Waals surface area (Å²) in [6.45, 7) is 3.48. The van der Waals surface area contributed by atoms with Crippen LogP contribution in [0.25, 0.3) is 0 Å². The molecule has 1 saturated heterocycles. The number of anilines is 2. The number of nitrogens with zero attached hydrogens (tertiary/aromatic N) is 3. The minimum atomic E-state index is -3.78. The molecule has 1 unspecified atom stereocenters. The Hall–Kier alpha value is -2.66. The van der Waals surface area contributed by atoms with Crippen LogP contribution in [0, 0.1) is 0 Å². The standard InChI is InChI=1S/C24H25ClN4O4S2/c1-16(30)28-9-8-24(14-28)15-29(23-26-13-22(25)34-23)21-7-6-19(11-20(21)24)35(31,32)27-12-17-4-3-5-18(10-17)33-2/h3-7,10-11,13,27H,8-9,12,14-15H2,1-2H3. The van der Waals surface area contributed by atoms with Crippen LogP contribution in [0.15, 0.2) is 53.6 Å². The molecule has 2 aliphatic heterocycles. The highest BCUT2D eigenvalue weighted by atomic mass is 35.5. The number of methoxy groups -OCH3 is 1. The van der Waals surface area contributed by atoms with E-state index >= 15 is 0 Å². The van der Waals surface area contributed by atoms with Crippen LogP contribution in [-0.4, -0.2) is 51.0 Å². The maximum absolute atomic E-state index is 13.2. The van der Waals surface area contributed by atoms with Gasteiger partial charge in [-0.3, -0.25) is 4.79 Å². The monoisotopic (exact) mass is 532 g/mol. The number of ether oxygens (including phenoxy) is 1. The second kappa shape index (κ2) is 9.09. The first-order valence-electron chi connectivity index (χ1n) is 11.1. The zero-order chi connectivity index (χ0) is 24.8. The van der Waals surface area contributed by atoms with E-state index in [4.69, 9.17) is 16.3 Å². The van der Waals surface area contributed by atoms with Gasteiger partial charge < -0.3 is 14.5 Å². The average Bonchev–Trinajstić information content (AvgIpc) is 3.56. The summed E-state index contributed by atoms with van der Waals surface area (Å²) in [4.78, 5) is 20.7. The molecule has 1 N–H and O–H groups in total. The van der Waals surface area contributed by atoms with E-state index in [9.17, 15) is 13.2 Å². The highest BCUT2D eigenvalue weighted by molar-refractivity contribution is 7.89. The lowest BCUT2D eigenvalue weighted by molar-refractivity contribution is -0.127. The van der Waals surface area contributed by atoms with Gasteiger partial charge in [0, 0.05) is 44.2 Å². The molecule has 8 nitrogen and oxygen atoms in total. The molecule has 35 heavy (non-hydrogen) atoms. The normalized spacial score (nSPS) is 19.4. The van der Waals surface area contributed by atoms with Crippen LogP contribution in [0.5, 0.6) is 5.75 Å². The molecule has 2 aliphatic rings. The van der Waals surface area contributed by atoms with E-state index in [1.165, 1.54) is 11.3 Å². The van der Waals surface area contributed by atoms with E-state index in [0.29, 0.717) is 29.7 Å². The van der Waals surface area contributed by atoms with Crippen LogP contribution in [-0.2, 0) is 26.8 Å². The lowest BCUT2D eigenvalue weighted by Crippen LogP contribution is -2.36. The maximum atomic E-state index is 13.2. The lowest BCUT2D eigenvalue weighted by Gasteiger charge is -2.25. The van der Waals surface area contributed by atoms with Crippen molar-refractivity contribution in [2.24, 2.45) is 0 Å². The average molecular weight is 533 g/mol. The van der Waals surface area contributed by atoms with Gasteiger partial charge >= 0.3 is 0 Å². The molecule has 3 aromatic rings. The first-order valence-corrected chi connectivity index (χ1v) is 13.8. The number of rotatable bonds is 6. The van der Waals surface area contributed by atoms with Crippen molar-refractivity contribution in [1.29, 1.82) is 0 Å². The van der Waals surface area contributed by atoms with Crippen LogP contribution < -0.4 is 14.4 Å². The lowest BCUT2D eigenvalue weighted by atomic mass is 9.81. The summed E-state index contributed by atoms with van der Waals surface area (Å²) in [7, 11) is -2.21. The van der Waals surface area contributed by atoms with Gasteiger partial charge in [0.1, 0.15) is 10.1 Å². The Morgan fingerprint density at radius 1 is 1.26 bits per heavy atom. The summed E-state index contributed by atoms with van der Waals surface area (Å²) in [5.74, 6) is 0.683. The Morgan fingerprint density at radius 2 is 2.09 bits per heavy atom. The first kappa shape index (κ1) is 24.1. The Bertz CT molecular complexity index is 1390. The van der Waals surface area contributed by atoms with Crippen LogP contribution in [0.2, 0.25) is 4.34 Å². The van der Waals surface area contributed by atoms with Crippen LogP contribution in [0.1, 0.15) is 24.5 Å². The van der Waals surface area contributed by atoms with Crippen molar-refractivity contribution in [1.82, 2.24) is 14.6 Å². The van der Waals surface area contributed by atoms with Crippen molar-refractivity contribution in [2.75, 3.05) is 31.6 Å². The van der Waals surface area contributed by atoms with Crippen LogP contribution in [0.4, 0.5) is 10.8 Å². The van der Waals surface area contributed by atoms with E-state index in [1.807, 2.05) is 29.2 Å². The number of sulfonamides is 1. The molecule has 11 heteroatoms. The van der Waals surface area contributed by atoms with E-state index in [1.54, 1.807) is 38.4 Å². The predicted octanol–water partition coefficient (Wildman–Crippen LogP) is 3.93. The van der Waals surface area contributed by atoms with Crippen molar-refractivity contribution >= 4 is 49.7 Å². The molecule has 1 spiro atoms. The number of nitrogens with one attached hydrogen (secondary N) is 1. The second-order valence-corrected chi connectivity index (χ2v) is 12.3. The Labute approximate surface area is 213 Å². The van der Waals surface area contributed by atoms with Crippen LogP contribution >= 0.6 is 22.9 Å². The number of fused-ring (bicyclic) bond motifs is 2. The van der Waals surface area contributed by atoms with Crippen molar-refractivity contribution < 1.29 is 17.9 Å². The number of carbonyl (C=O) groups is 1. The number of aromatic nitrogens is 1. The van der Waals surface area contributed by atoms with Gasteiger partial charge in [-0.05, 0) is 47.9 Å². The van der Waals surface area contributed by atoms with Gasteiger partial charge in [-0.25, -0.2) is 18.1 Å². The van der Waals surface area contributed by atoms with Crippen LogP contribution in [0.3, 0.4) is 0 Å². The molecule has 2 aromatic carbocycles. The molecule has 0 bridgehead atoms. The minimum Gasteiger partial charge on any atom is -0.497 e. The fourth-order valence-corrected chi connectivity index (χ4v) is 6.85. The number of halogens is 1. The smallest absolute Gasteiger partial charge is 0.240 e. The van der Waals surface area contributed by atoms with Gasteiger partial charge in [0.25, 0.3) is 0 Å². The zero-order valence-electron chi connectivity index (χ0n) is 19.3. The molecule has 1 aromatic heterocycles. The fourth-order valence-electron chi connectivity index (χ4n) is 4.89. The number of carbonyl (C=O) groups excluding carboxylic acids is 1. The van der Waals surface area contributed by atoms with Crippen molar-refractivity contribution in [2.45, 2.75) is 30.2 Å². The quantitative estimate of drug-likeness (QED) is 0.517. The molecular formula is C24H25ClN4O4S2. The molecule has 1 fully saturated rings. The van der Waals surface area contributed by atoms with Crippen molar-refractivity contribution in [3.63, 3.8) is 0 Å². The fraction of sp³-hybridized carbons (Fsp3) is 0.333. The minimum absolute atomic E-state index is 0.0166. The summed E-state index contributed by atoms with van der Waals surface area (Å²) in [6.07, 6.45) is 2.36. The third-order valence-electron chi connectivity index (χ3n) is 6.70. The van der Waals surface area contributed by atoms with E-state index in [0.717, 1.165) is 28.4 Å². The largest absolute Gasteiger partial charge is 0.497 e. The number of likely N-dealkylation sites (tertiary alicyclic amines) is 1. The predicted molar refractivity (Wildman–Crippen MR) is 136 cm³/mol. The van der Waals surface area contributed by atoms with Gasteiger partial charge in [-0.2, -0.15) is 0 Å². The van der Waals surface area contributed by atoms with Gasteiger partial charge in [0.2, 0.25) is 15.9 Å². The number of thiazole rings is 1. The number of hydrogen-bond donors (Lipinski definition) is 1. The summed E-state index contributed by atoms with van der Waals surface area (Å²) in [5.41, 5.74) is 2.23. The zero-order valence-corrected chi connectivity index (χ0v) is 21.7. The third kappa shape index (κ3) is 4.51. The summed E-state index contributed by atoms with van der Waals surface area (Å²) >= 11 is 7.53. The molecule has 184 valence electrons. The maximum Gasteiger partial charge on any atom is 0.240 e. The molecule has 1 amide bonds. The van der Waals surface area contributed by atoms with Crippen molar-refractivity contribution in [3.05, 3.63) is 64.1 Å². The van der Waals surface area contributed by atoms with E-state index in [2.05, 4.69) is 14.6 Å². The Kier molecular flexibility index (Phi) is 6.25. The molecule has 3 heterocycles. The number of benzene rings is 2.